The van der Waals surface area contributed by atoms with Crippen molar-refractivity contribution in [3.05, 3.63) is 83.9 Å². The number of piperazine rings is 1. The lowest BCUT2D eigenvalue weighted by Gasteiger charge is -2.34. The predicted molar refractivity (Wildman–Crippen MR) is 106 cm³/mol. The van der Waals surface area contributed by atoms with E-state index in [2.05, 4.69) is 52.3 Å². The number of hydrogen-bond donors (Lipinski definition) is 0. The zero-order chi connectivity index (χ0) is 17.8. The highest BCUT2D eigenvalue weighted by Gasteiger charge is 2.19. The fraction of sp³-hybridized carbons (Fsp3) is 0.261. The predicted octanol–water partition coefficient (Wildman–Crippen LogP) is 3.84. The molecule has 1 fully saturated rings. The van der Waals surface area contributed by atoms with E-state index in [1.807, 2.05) is 30.3 Å². The molecule has 0 spiro atoms. The molecule has 1 aliphatic heterocycles. The van der Waals surface area contributed by atoms with Crippen molar-refractivity contribution in [1.82, 2.24) is 9.80 Å². The number of carbonyl (C=O) groups excluding carboxylic acids is 1. The zero-order valence-corrected chi connectivity index (χ0v) is 15.0. The Bertz CT molecular complexity index is 883. The van der Waals surface area contributed by atoms with E-state index < -0.39 is 0 Å². The zero-order valence-electron chi connectivity index (χ0n) is 15.0. The first-order chi connectivity index (χ1) is 12.8. The molecule has 3 nitrogen and oxygen atoms in total. The maximum atomic E-state index is 12.4. The average molecular weight is 344 g/mol. The van der Waals surface area contributed by atoms with Gasteiger partial charge < -0.3 is 0 Å². The molecule has 3 heteroatoms. The van der Waals surface area contributed by atoms with Crippen molar-refractivity contribution in [1.29, 1.82) is 0 Å². The quantitative estimate of drug-likeness (QED) is 0.657. The highest BCUT2D eigenvalue weighted by atomic mass is 16.1. The van der Waals surface area contributed by atoms with Crippen LogP contribution >= 0.6 is 0 Å². The van der Waals surface area contributed by atoms with Gasteiger partial charge in [0.25, 0.3) is 0 Å². The molecule has 1 heterocycles. The summed E-state index contributed by atoms with van der Waals surface area (Å²) in [6, 6.07) is 24.8. The van der Waals surface area contributed by atoms with Crippen LogP contribution in [0.4, 0.5) is 0 Å². The van der Waals surface area contributed by atoms with Gasteiger partial charge in [-0.1, -0.05) is 66.7 Å². The van der Waals surface area contributed by atoms with E-state index in [4.69, 9.17) is 0 Å². The van der Waals surface area contributed by atoms with Crippen molar-refractivity contribution < 1.29 is 4.79 Å². The number of ketones is 1. The first-order valence-corrected chi connectivity index (χ1v) is 9.28. The third-order valence-corrected chi connectivity index (χ3v) is 5.15. The van der Waals surface area contributed by atoms with Crippen molar-refractivity contribution >= 4 is 16.6 Å². The number of carbonyl (C=O) groups is 1. The summed E-state index contributed by atoms with van der Waals surface area (Å²) in [4.78, 5) is 17.1. The molecule has 0 N–H and O–H groups in total. The molecular formula is C23H24N2O. The molecule has 0 bridgehead atoms. The molecule has 132 valence electrons. The number of benzene rings is 3. The maximum absolute atomic E-state index is 12.4. The minimum atomic E-state index is 0.216. The second-order valence-corrected chi connectivity index (χ2v) is 7.02. The third kappa shape index (κ3) is 4.01. The summed E-state index contributed by atoms with van der Waals surface area (Å²) in [5.41, 5.74) is 2.17. The van der Waals surface area contributed by atoms with Gasteiger partial charge in [-0.15, -0.1) is 0 Å². The second kappa shape index (κ2) is 7.81. The standard InChI is InChI=1S/C23H24N2O/c26-23(21-7-2-1-3-8-21)18-25-14-12-24(13-15-25)17-19-10-11-20-6-4-5-9-22(20)16-19/h1-11,16H,12-15,17-18H2. The maximum Gasteiger partial charge on any atom is 0.176 e. The van der Waals surface area contributed by atoms with Gasteiger partial charge in [0, 0.05) is 38.3 Å². The molecule has 0 aromatic heterocycles. The van der Waals surface area contributed by atoms with Crippen LogP contribution in [0.25, 0.3) is 10.8 Å². The van der Waals surface area contributed by atoms with Gasteiger partial charge in [-0.2, -0.15) is 0 Å². The Kier molecular flexibility index (Phi) is 5.09. The average Bonchev–Trinajstić information content (AvgIpc) is 2.70. The Morgan fingerprint density at radius 3 is 2.15 bits per heavy atom. The molecule has 0 unspecified atom stereocenters. The van der Waals surface area contributed by atoms with Gasteiger partial charge in [0.05, 0.1) is 6.54 Å². The smallest absolute Gasteiger partial charge is 0.176 e. The molecule has 1 aliphatic rings. The lowest BCUT2D eigenvalue weighted by Crippen LogP contribution is -2.47. The molecule has 0 radical (unpaired) electrons. The Balaban J connectivity index is 1.31. The SMILES string of the molecule is O=C(CN1CCN(Cc2ccc3ccccc3c2)CC1)c1ccccc1. The molecule has 3 aromatic rings. The van der Waals surface area contributed by atoms with Gasteiger partial charge in [0.1, 0.15) is 0 Å². The van der Waals surface area contributed by atoms with Crippen LogP contribution in [0, 0.1) is 0 Å². The largest absolute Gasteiger partial charge is 0.297 e. The van der Waals surface area contributed by atoms with Crippen LogP contribution in [0.3, 0.4) is 0 Å². The van der Waals surface area contributed by atoms with Gasteiger partial charge >= 0.3 is 0 Å². The number of Topliss-reactive ketones (excluding diaryl/α,β-unsaturated/α-hetero) is 1. The summed E-state index contributed by atoms with van der Waals surface area (Å²) in [6.45, 7) is 5.42. The molecule has 3 aromatic carbocycles. The van der Waals surface area contributed by atoms with Crippen molar-refractivity contribution in [2.75, 3.05) is 32.7 Å². The fourth-order valence-corrected chi connectivity index (χ4v) is 3.62. The number of hydrogen-bond acceptors (Lipinski definition) is 3. The van der Waals surface area contributed by atoms with Gasteiger partial charge in [0.2, 0.25) is 0 Å². The molecule has 1 saturated heterocycles. The van der Waals surface area contributed by atoms with Crippen molar-refractivity contribution in [3.63, 3.8) is 0 Å². The van der Waals surface area contributed by atoms with Gasteiger partial charge in [-0.25, -0.2) is 0 Å². The molecule has 0 atom stereocenters. The molecule has 0 aliphatic carbocycles. The lowest BCUT2D eigenvalue weighted by molar-refractivity contribution is 0.0844. The molecule has 0 amide bonds. The van der Waals surface area contributed by atoms with Crippen molar-refractivity contribution in [3.8, 4) is 0 Å². The number of fused-ring (bicyclic) bond motifs is 1. The summed E-state index contributed by atoms with van der Waals surface area (Å²) in [6.07, 6.45) is 0. The summed E-state index contributed by atoms with van der Waals surface area (Å²) >= 11 is 0. The first kappa shape index (κ1) is 17.0. The Morgan fingerprint density at radius 2 is 1.38 bits per heavy atom. The van der Waals surface area contributed by atoms with Gasteiger partial charge in [-0.05, 0) is 22.4 Å². The molecular weight excluding hydrogens is 320 g/mol. The van der Waals surface area contributed by atoms with E-state index in [0.29, 0.717) is 6.54 Å². The Labute approximate surface area is 154 Å². The molecule has 4 rings (SSSR count). The highest BCUT2D eigenvalue weighted by Crippen LogP contribution is 2.17. The van der Waals surface area contributed by atoms with Gasteiger partial charge in [0.15, 0.2) is 5.78 Å². The minimum absolute atomic E-state index is 0.216. The number of rotatable bonds is 5. The van der Waals surface area contributed by atoms with Crippen LogP contribution in [0.1, 0.15) is 15.9 Å². The Morgan fingerprint density at radius 1 is 0.731 bits per heavy atom. The van der Waals surface area contributed by atoms with Crippen molar-refractivity contribution in [2.24, 2.45) is 0 Å². The Hall–Kier alpha value is -2.49. The summed E-state index contributed by atoms with van der Waals surface area (Å²) in [5.74, 6) is 0.216. The van der Waals surface area contributed by atoms with Crippen molar-refractivity contribution in [2.45, 2.75) is 6.54 Å². The van der Waals surface area contributed by atoms with E-state index in [1.165, 1.54) is 16.3 Å². The van der Waals surface area contributed by atoms with Crippen LogP contribution in [0.5, 0.6) is 0 Å². The van der Waals surface area contributed by atoms with E-state index in [0.717, 1.165) is 38.3 Å². The van der Waals surface area contributed by atoms with Crippen LogP contribution in [0.15, 0.2) is 72.8 Å². The van der Waals surface area contributed by atoms with E-state index in [1.54, 1.807) is 0 Å². The van der Waals surface area contributed by atoms with E-state index in [-0.39, 0.29) is 5.78 Å². The fourth-order valence-electron chi connectivity index (χ4n) is 3.62. The monoisotopic (exact) mass is 344 g/mol. The summed E-state index contributed by atoms with van der Waals surface area (Å²) < 4.78 is 0. The normalized spacial score (nSPS) is 16.0. The first-order valence-electron chi connectivity index (χ1n) is 9.28. The van der Waals surface area contributed by atoms with Crippen LogP contribution in [-0.4, -0.2) is 48.3 Å². The lowest BCUT2D eigenvalue weighted by atomic mass is 10.1. The summed E-state index contributed by atoms with van der Waals surface area (Å²) in [5, 5.41) is 2.59. The van der Waals surface area contributed by atoms with Crippen LogP contribution in [0.2, 0.25) is 0 Å². The van der Waals surface area contributed by atoms with E-state index >= 15 is 0 Å². The van der Waals surface area contributed by atoms with Crippen LogP contribution in [-0.2, 0) is 6.54 Å². The minimum Gasteiger partial charge on any atom is -0.297 e. The second-order valence-electron chi connectivity index (χ2n) is 7.02. The number of nitrogens with zero attached hydrogens (tertiary/aromatic N) is 2. The molecule has 26 heavy (non-hydrogen) atoms. The van der Waals surface area contributed by atoms with Crippen LogP contribution < -0.4 is 0 Å². The topological polar surface area (TPSA) is 23.6 Å². The summed E-state index contributed by atoms with van der Waals surface area (Å²) in [7, 11) is 0. The van der Waals surface area contributed by atoms with E-state index in [9.17, 15) is 4.79 Å². The van der Waals surface area contributed by atoms with Gasteiger partial charge in [-0.3, -0.25) is 14.6 Å². The molecule has 0 saturated carbocycles. The third-order valence-electron chi connectivity index (χ3n) is 5.15. The highest BCUT2D eigenvalue weighted by molar-refractivity contribution is 5.97.